The van der Waals surface area contributed by atoms with Crippen molar-refractivity contribution in [2.24, 2.45) is 40.2 Å². The van der Waals surface area contributed by atoms with Crippen LogP contribution >= 0.6 is 11.6 Å². The van der Waals surface area contributed by atoms with Gasteiger partial charge in [0.05, 0.1) is 198 Å². The zero-order valence-electron chi connectivity index (χ0n) is 75.9. The Morgan fingerprint density at radius 3 is 1.24 bits per heavy atom. The zero-order chi connectivity index (χ0) is 92.4. The summed E-state index contributed by atoms with van der Waals surface area (Å²) in [5.41, 5.74) is 6.56. The first kappa shape index (κ1) is 102. The highest BCUT2D eigenvalue weighted by molar-refractivity contribution is 6.30. The standard InChI is InChI=1S/C93H125ClN14O21/c1-65-100-101-90-79(99-89(68-22-24-69(94)25-23-68)78-58-77(119-9)26-27-80(78)108(65)90)59-95-88(118)29-32-121-34-36-123-38-40-125-42-44-127-46-48-129-50-49-128-47-45-126-43-41-124-39-37-122-35-33-120-31-28-76(112)57-72-64-107(8)93(98-72)87(117)54-67-52-82(104(5)61-67)84(114)20-14-18-75(111)56-71-63-106(7)92(97-71)86(116)53-66-51-81(103(4)60-66)83(113)19-13-17-74(110)55-70-62-105(6)91(96-70)85(115)21-12-16-73(109)15-10-11-30-102(2)3/h22-27,51-52,58,60-64,79H,10-21,28-50,53-57,59H2,1-9H3,(H,95,118)/t79-/m0/s1. The van der Waals surface area contributed by atoms with E-state index in [1.807, 2.05) is 68.1 Å². The Morgan fingerprint density at radius 2 is 0.806 bits per heavy atom. The van der Waals surface area contributed by atoms with E-state index in [-0.39, 0.29) is 179 Å². The Bertz CT molecular complexity index is 5020. The molecule has 0 radical (unpaired) electrons. The van der Waals surface area contributed by atoms with Crippen molar-refractivity contribution in [3.8, 4) is 11.4 Å². The fourth-order valence-electron chi connectivity index (χ4n) is 14.5. The van der Waals surface area contributed by atoms with Crippen LogP contribution in [0, 0.1) is 6.92 Å². The number of unbranched alkanes of at least 4 members (excludes halogenated alkanes) is 1. The zero-order valence-corrected chi connectivity index (χ0v) is 76.7. The molecule has 700 valence electrons. The number of methoxy groups -OCH3 is 1. The number of amides is 1. The number of hydrogen-bond acceptors (Lipinski definition) is 28. The minimum absolute atomic E-state index is 0.0183. The van der Waals surface area contributed by atoms with E-state index in [0.717, 1.165) is 36.2 Å². The summed E-state index contributed by atoms with van der Waals surface area (Å²) in [6, 6.07) is 16.0. The van der Waals surface area contributed by atoms with E-state index in [1.54, 1.807) is 108 Å². The van der Waals surface area contributed by atoms with E-state index < -0.39 is 6.04 Å². The molecular formula is C93H125ClN14O21. The second kappa shape index (κ2) is 54.9. The molecule has 7 heterocycles. The molecule has 0 saturated carbocycles. The average molecular weight is 1810 g/mol. The summed E-state index contributed by atoms with van der Waals surface area (Å²) < 4.78 is 71.5. The number of aromatic nitrogens is 11. The highest BCUT2D eigenvalue weighted by Gasteiger charge is 2.31. The van der Waals surface area contributed by atoms with Crippen LogP contribution in [0.2, 0.25) is 5.02 Å². The molecule has 36 heteroatoms. The van der Waals surface area contributed by atoms with Gasteiger partial charge in [-0.3, -0.25) is 57.5 Å². The number of Topliss-reactive ketones (excluding diaryl/α,β-unsaturated/α-hetero) is 9. The quantitative estimate of drug-likeness (QED) is 0.0275. The van der Waals surface area contributed by atoms with E-state index in [4.69, 9.17) is 68.7 Å². The smallest absolute Gasteiger partial charge is 0.222 e. The van der Waals surface area contributed by atoms with Crippen molar-refractivity contribution >= 4 is 75.3 Å². The van der Waals surface area contributed by atoms with Crippen molar-refractivity contribution in [1.29, 1.82) is 0 Å². The van der Waals surface area contributed by atoms with Gasteiger partial charge in [0.15, 0.2) is 40.6 Å². The highest BCUT2D eigenvalue weighted by atomic mass is 35.5. The summed E-state index contributed by atoms with van der Waals surface area (Å²) >= 11 is 6.24. The Morgan fingerprint density at radius 1 is 0.411 bits per heavy atom. The number of benzene rings is 2. The molecule has 1 amide bonds. The Labute approximate surface area is 757 Å². The summed E-state index contributed by atoms with van der Waals surface area (Å²) in [5.74, 6) is 0.964. The van der Waals surface area contributed by atoms with Crippen LogP contribution in [-0.4, -0.2) is 288 Å². The number of aryl methyl sites for hydroxylation is 6. The number of imidazole rings is 3. The SMILES string of the molecule is COc1ccc2c(c1)C(c1ccc(Cl)cc1)=N[C@@H](CNC(=O)CCOCCOCCOCCOCCOCCOCCOCCOCCOCCOCCC(=O)Cc1cn(C)c(C(=O)Cc3cc(C(=O)CCCC(=O)Cc4cn(C)c(C(=O)Cc5cc(C(=O)CCCC(=O)Cc6cn(C)c(C(=O)CCCC(=O)CCCCN(C)C)n6)n(C)c5)n4)n(C)c3)n1)c1nnc(C)n1-2. The van der Waals surface area contributed by atoms with Crippen molar-refractivity contribution in [2.45, 2.75) is 135 Å². The first-order valence-electron chi connectivity index (χ1n) is 44.0. The second-order valence-corrected chi connectivity index (χ2v) is 32.4. The summed E-state index contributed by atoms with van der Waals surface area (Å²) in [5, 5.41) is 12.4. The molecule has 0 bridgehead atoms. The van der Waals surface area contributed by atoms with Gasteiger partial charge in [-0.2, -0.15) is 0 Å². The predicted octanol–water partition coefficient (Wildman–Crippen LogP) is 8.72. The highest BCUT2D eigenvalue weighted by Crippen LogP contribution is 2.34. The molecule has 6 aromatic heterocycles. The maximum absolute atomic E-state index is 13.6. The number of ketones is 9. The summed E-state index contributed by atoms with van der Waals surface area (Å²) in [6.45, 7) is 10.4. The summed E-state index contributed by atoms with van der Waals surface area (Å²) in [4.78, 5) is 152. The first-order valence-corrected chi connectivity index (χ1v) is 44.4. The lowest BCUT2D eigenvalue weighted by atomic mass is 10.00. The van der Waals surface area contributed by atoms with Gasteiger partial charge < -0.3 is 85.2 Å². The van der Waals surface area contributed by atoms with E-state index >= 15 is 0 Å². The van der Waals surface area contributed by atoms with Gasteiger partial charge in [0.25, 0.3) is 0 Å². The van der Waals surface area contributed by atoms with Crippen LogP contribution in [0.5, 0.6) is 5.75 Å². The number of nitrogens with one attached hydrogen (secondary N) is 1. The maximum atomic E-state index is 13.6. The molecule has 1 N–H and O–H groups in total. The largest absolute Gasteiger partial charge is 0.497 e. The molecule has 8 aromatic rings. The second-order valence-electron chi connectivity index (χ2n) is 31.9. The Kier molecular flexibility index (Phi) is 43.6. The van der Waals surface area contributed by atoms with Gasteiger partial charge in [-0.1, -0.05) is 23.7 Å². The normalized spacial score (nSPS) is 12.5. The molecule has 0 fully saturated rings. The molecule has 0 aliphatic carbocycles. The van der Waals surface area contributed by atoms with E-state index in [2.05, 4.69) is 35.4 Å². The average Bonchev–Trinajstić information content (AvgIpc) is 1.61. The molecule has 1 aliphatic rings. The Hall–Kier alpha value is -10.4. The lowest BCUT2D eigenvalue weighted by Crippen LogP contribution is -2.29. The molecule has 0 unspecified atom stereocenters. The monoisotopic (exact) mass is 1810 g/mol. The number of carbonyl (C=O) groups excluding carboxylic acids is 10. The molecular weight excluding hydrogens is 1680 g/mol. The number of fused-ring (bicyclic) bond motifs is 3. The summed E-state index contributed by atoms with van der Waals surface area (Å²) in [7, 11) is 14.1. The number of carbonyl (C=O) groups is 10. The van der Waals surface area contributed by atoms with Crippen molar-refractivity contribution < 1.29 is 100 Å². The number of hydrogen-bond donors (Lipinski definition) is 1. The molecule has 0 spiro atoms. The molecule has 129 heavy (non-hydrogen) atoms. The molecule has 35 nitrogen and oxygen atoms in total. The van der Waals surface area contributed by atoms with Crippen LogP contribution in [0.3, 0.4) is 0 Å². The van der Waals surface area contributed by atoms with Gasteiger partial charge in [-0.05, 0) is 113 Å². The third-order valence-corrected chi connectivity index (χ3v) is 21.3. The Balaban J connectivity index is 0.513. The first-order chi connectivity index (χ1) is 62.3. The topological polar surface area (TPSA) is 394 Å². The van der Waals surface area contributed by atoms with E-state index in [0.29, 0.717) is 212 Å². The van der Waals surface area contributed by atoms with Gasteiger partial charge in [-0.25, -0.2) is 15.0 Å². The van der Waals surface area contributed by atoms with Crippen LogP contribution in [0.4, 0.5) is 0 Å². The van der Waals surface area contributed by atoms with Crippen LogP contribution in [0.15, 0.2) is 90.6 Å². The van der Waals surface area contributed by atoms with Gasteiger partial charge in [0.1, 0.15) is 40.7 Å². The molecule has 1 atom stereocenters. The van der Waals surface area contributed by atoms with Gasteiger partial charge in [-0.15, -0.1) is 10.2 Å². The number of rotatable bonds is 69. The third-order valence-electron chi connectivity index (χ3n) is 21.1. The summed E-state index contributed by atoms with van der Waals surface area (Å²) in [6.07, 6.45) is 12.8. The maximum Gasteiger partial charge on any atom is 0.222 e. The number of aliphatic imine (C=N–C) groups is 1. The fraction of sp³-hybridized carbons (Fsp3) is 0.548. The number of nitrogens with zero attached hydrogens (tertiary/aromatic N) is 13. The van der Waals surface area contributed by atoms with Crippen LogP contribution in [0.25, 0.3) is 5.69 Å². The van der Waals surface area contributed by atoms with Crippen molar-refractivity contribution in [3.05, 3.63) is 170 Å². The van der Waals surface area contributed by atoms with Crippen LogP contribution in [-0.2, 0) is 139 Å². The van der Waals surface area contributed by atoms with Crippen LogP contribution in [0.1, 0.15) is 200 Å². The molecule has 2 aromatic carbocycles. The van der Waals surface area contributed by atoms with E-state index in [9.17, 15) is 47.9 Å². The minimum atomic E-state index is -0.532. The number of halogens is 1. The van der Waals surface area contributed by atoms with Gasteiger partial charge in [0, 0.05) is 160 Å². The molecule has 0 saturated heterocycles. The van der Waals surface area contributed by atoms with Gasteiger partial charge in [0.2, 0.25) is 17.5 Å². The van der Waals surface area contributed by atoms with Crippen molar-refractivity contribution in [3.63, 3.8) is 0 Å². The van der Waals surface area contributed by atoms with E-state index in [1.165, 1.54) is 0 Å². The van der Waals surface area contributed by atoms with Crippen molar-refractivity contribution in [2.75, 3.05) is 166 Å². The molecule has 1 aliphatic heterocycles. The van der Waals surface area contributed by atoms with Crippen molar-refractivity contribution in [1.82, 2.24) is 62.8 Å². The fourth-order valence-corrected chi connectivity index (χ4v) is 14.6. The lowest BCUT2D eigenvalue weighted by Gasteiger charge is -2.14. The third kappa shape index (κ3) is 34.8. The minimum Gasteiger partial charge on any atom is -0.497 e. The number of ether oxygens (including phenoxy) is 11. The lowest BCUT2D eigenvalue weighted by molar-refractivity contribution is -0.122. The predicted molar refractivity (Wildman–Crippen MR) is 478 cm³/mol. The van der Waals surface area contributed by atoms with Crippen LogP contribution < -0.4 is 10.1 Å². The molecule has 9 rings (SSSR count). The van der Waals surface area contributed by atoms with Gasteiger partial charge >= 0.3 is 0 Å².